The lowest BCUT2D eigenvalue weighted by Crippen LogP contribution is -2.37. The first-order valence-electron chi connectivity index (χ1n) is 9.63. The van der Waals surface area contributed by atoms with E-state index < -0.39 is 0 Å². The molecule has 2 aromatic rings. The third-order valence-corrected chi connectivity index (χ3v) is 6.66. The van der Waals surface area contributed by atoms with Gasteiger partial charge in [-0.2, -0.15) is 0 Å². The maximum absolute atomic E-state index is 12.4. The molecule has 1 aliphatic carbocycles. The zero-order valence-corrected chi connectivity index (χ0v) is 15.8. The Hall–Kier alpha value is -1.95. The van der Waals surface area contributed by atoms with Crippen LogP contribution in [-0.2, 0) is 9.59 Å². The van der Waals surface area contributed by atoms with Crippen molar-refractivity contribution >= 4 is 33.4 Å². The topological polar surface area (TPSA) is 62.3 Å². The molecule has 2 fully saturated rings. The van der Waals surface area contributed by atoms with Crippen molar-refractivity contribution in [2.75, 3.05) is 13.1 Å². The summed E-state index contributed by atoms with van der Waals surface area (Å²) >= 11 is 1.75. The highest BCUT2D eigenvalue weighted by Crippen LogP contribution is 2.38. The van der Waals surface area contributed by atoms with Crippen molar-refractivity contribution in [1.29, 1.82) is 0 Å². The van der Waals surface area contributed by atoms with Crippen molar-refractivity contribution in [2.24, 2.45) is 0 Å². The number of para-hydroxylation sites is 1. The molecule has 1 saturated carbocycles. The maximum atomic E-state index is 12.4. The highest BCUT2D eigenvalue weighted by atomic mass is 32.1. The Bertz CT molecular complexity index is 770. The molecular weight excluding hydrogens is 346 g/mol. The number of rotatable bonds is 6. The molecule has 4 rings (SSSR count). The maximum Gasteiger partial charge on any atom is 0.222 e. The molecule has 0 spiro atoms. The van der Waals surface area contributed by atoms with Crippen molar-refractivity contribution in [3.8, 4) is 0 Å². The number of carbonyl (C=O) groups is 2. The Morgan fingerprint density at radius 2 is 2.15 bits per heavy atom. The summed E-state index contributed by atoms with van der Waals surface area (Å²) in [5.74, 6) is 0.670. The molecule has 26 heavy (non-hydrogen) atoms. The zero-order chi connectivity index (χ0) is 17.9. The fourth-order valence-corrected chi connectivity index (χ4v) is 5.29. The van der Waals surface area contributed by atoms with Crippen LogP contribution in [0.15, 0.2) is 24.3 Å². The average molecular weight is 372 g/mol. The molecule has 1 aromatic carbocycles. The molecule has 1 saturated heterocycles. The summed E-state index contributed by atoms with van der Waals surface area (Å²) in [5, 5.41) is 4.38. The van der Waals surface area contributed by atoms with Crippen molar-refractivity contribution in [2.45, 2.75) is 56.9 Å². The lowest BCUT2D eigenvalue weighted by molar-refractivity contribution is -0.128. The van der Waals surface area contributed by atoms with Gasteiger partial charge in [-0.1, -0.05) is 18.6 Å². The third kappa shape index (κ3) is 3.75. The largest absolute Gasteiger partial charge is 0.353 e. The van der Waals surface area contributed by atoms with Crippen LogP contribution in [0, 0.1) is 0 Å². The molecule has 0 radical (unpaired) electrons. The van der Waals surface area contributed by atoms with E-state index in [-0.39, 0.29) is 17.9 Å². The van der Waals surface area contributed by atoms with Gasteiger partial charge in [-0.25, -0.2) is 4.98 Å². The number of likely N-dealkylation sites (tertiary alicyclic amines) is 1. The van der Waals surface area contributed by atoms with Crippen molar-refractivity contribution in [3.05, 3.63) is 29.3 Å². The van der Waals surface area contributed by atoms with Gasteiger partial charge in [-0.3, -0.25) is 9.59 Å². The first-order chi connectivity index (χ1) is 12.7. The molecule has 6 heteroatoms. The van der Waals surface area contributed by atoms with Gasteiger partial charge in [0.1, 0.15) is 0 Å². The second-order valence-corrected chi connectivity index (χ2v) is 8.38. The minimum atomic E-state index is 0.106. The van der Waals surface area contributed by atoms with Gasteiger partial charge in [-0.05, 0) is 37.8 Å². The van der Waals surface area contributed by atoms with E-state index in [1.807, 2.05) is 17.0 Å². The number of nitrogens with zero attached hydrogens (tertiary/aromatic N) is 2. The number of benzene rings is 1. The number of nitrogens with one attached hydrogen (secondary N) is 1. The van der Waals surface area contributed by atoms with Crippen LogP contribution in [0.1, 0.15) is 55.9 Å². The van der Waals surface area contributed by atoms with Gasteiger partial charge in [0.2, 0.25) is 11.8 Å². The zero-order valence-electron chi connectivity index (χ0n) is 14.9. The number of fused-ring (bicyclic) bond motifs is 1. The third-order valence-electron chi connectivity index (χ3n) is 5.49. The summed E-state index contributed by atoms with van der Waals surface area (Å²) in [7, 11) is 0. The summed E-state index contributed by atoms with van der Waals surface area (Å²) in [6, 6.07) is 8.42. The molecule has 1 aromatic heterocycles. The molecule has 0 bridgehead atoms. The Labute approximate surface area is 157 Å². The molecule has 2 heterocycles. The van der Waals surface area contributed by atoms with E-state index in [4.69, 9.17) is 4.98 Å². The van der Waals surface area contributed by atoms with Crippen LogP contribution >= 0.6 is 11.3 Å². The minimum Gasteiger partial charge on any atom is -0.353 e. The Balaban J connectivity index is 1.31. The van der Waals surface area contributed by atoms with Gasteiger partial charge in [0.05, 0.1) is 15.2 Å². The van der Waals surface area contributed by atoms with Gasteiger partial charge in [0.25, 0.3) is 0 Å². The van der Waals surface area contributed by atoms with Crippen LogP contribution < -0.4 is 5.32 Å². The van der Waals surface area contributed by atoms with Crippen LogP contribution in [0.5, 0.6) is 0 Å². The molecule has 1 aliphatic heterocycles. The second kappa shape index (κ2) is 7.74. The normalized spacial score (nSPS) is 23.1. The minimum absolute atomic E-state index is 0.106. The molecule has 2 atom stereocenters. The summed E-state index contributed by atoms with van der Waals surface area (Å²) in [5.41, 5.74) is 1.06. The molecule has 138 valence electrons. The number of hydrogen-bond donors (Lipinski definition) is 1. The van der Waals surface area contributed by atoms with E-state index in [1.54, 1.807) is 11.3 Å². The second-order valence-electron chi connectivity index (χ2n) is 7.32. The fourth-order valence-electron chi connectivity index (χ4n) is 4.13. The number of carbonyl (C=O) groups excluding carboxylic acids is 2. The molecule has 2 aliphatic rings. The van der Waals surface area contributed by atoms with Crippen molar-refractivity contribution in [3.63, 3.8) is 0 Å². The predicted octanol–water partition coefficient (Wildman–Crippen LogP) is 3.45. The SMILES string of the molecule is O=C(CCCN1CCCC1=O)NC1CCCC1c1nc2ccccc2s1. The fraction of sp³-hybridized carbons (Fsp3) is 0.550. The summed E-state index contributed by atoms with van der Waals surface area (Å²) in [6.45, 7) is 1.56. The molecule has 5 nitrogen and oxygen atoms in total. The standard InChI is InChI=1S/C20H25N3O2S/c24-18(10-4-12-23-13-5-11-19(23)25)21-15-8-3-6-14(15)20-22-16-7-1-2-9-17(16)26-20/h1-2,7,9,14-15H,3-6,8,10-13H2,(H,21,24). The van der Waals surface area contributed by atoms with Crippen molar-refractivity contribution < 1.29 is 9.59 Å². The van der Waals surface area contributed by atoms with Crippen LogP contribution in [0.25, 0.3) is 10.2 Å². The van der Waals surface area contributed by atoms with Crippen LogP contribution in [0.2, 0.25) is 0 Å². The van der Waals surface area contributed by atoms with E-state index in [9.17, 15) is 9.59 Å². The first kappa shape index (κ1) is 17.5. The molecular formula is C20H25N3O2S. The smallest absolute Gasteiger partial charge is 0.222 e. The van der Waals surface area contributed by atoms with E-state index >= 15 is 0 Å². The predicted molar refractivity (Wildman–Crippen MR) is 103 cm³/mol. The van der Waals surface area contributed by atoms with E-state index in [0.717, 1.165) is 49.2 Å². The highest BCUT2D eigenvalue weighted by molar-refractivity contribution is 7.18. The molecule has 2 unspecified atom stereocenters. The monoisotopic (exact) mass is 371 g/mol. The summed E-state index contributed by atoms with van der Waals surface area (Å²) in [4.78, 5) is 30.7. The quantitative estimate of drug-likeness (QED) is 0.846. The van der Waals surface area contributed by atoms with Gasteiger partial charge < -0.3 is 10.2 Å². The summed E-state index contributed by atoms with van der Waals surface area (Å²) in [6.07, 6.45) is 6.11. The van der Waals surface area contributed by atoms with E-state index in [2.05, 4.69) is 17.4 Å². The number of aromatic nitrogens is 1. The highest BCUT2D eigenvalue weighted by Gasteiger charge is 2.32. The van der Waals surface area contributed by atoms with Gasteiger partial charge in [-0.15, -0.1) is 11.3 Å². The van der Waals surface area contributed by atoms with E-state index in [0.29, 0.717) is 25.3 Å². The Kier molecular flexibility index (Phi) is 5.20. The summed E-state index contributed by atoms with van der Waals surface area (Å²) < 4.78 is 1.22. The van der Waals surface area contributed by atoms with Gasteiger partial charge in [0.15, 0.2) is 0 Å². The Morgan fingerprint density at radius 3 is 2.96 bits per heavy atom. The van der Waals surface area contributed by atoms with Gasteiger partial charge >= 0.3 is 0 Å². The average Bonchev–Trinajstić information content (AvgIpc) is 3.34. The lowest BCUT2D eigenvalue weighted by Gasteiger charge is -2.20. The molecule has 1 N–H and O–H groups in total. The lowest BCUT2D eigenvalue weighted by atomic mass is 10.0. The number of hydrogen-bond acceptors (Lipinski definition) is 4. The number of amides is 2. The number of thiazole rings is 1. The van der Waals surface area contributed by atoms with Crippen LogP contribution in [-0.4, -0.2) is 40.8 Å². The van der Waals surface area contributed by atoms with Crippen LogP contribution in [0.4, 0.5) is 0 Å². The first-order valence-corrected chi connectivity index (χ1v) is 10.4. The van der Waals surface area contributed by atoms with Crippen LogP contribution in [0.3, 0.4) is 0 Å². The van der Waals surface area contributed by atoms with Crippen molar-refractivity contribution in [1.82, 2.24) is 15.2 Å². The van der Waals surface area contributed by atoms with Gasteiger partial charge in [0, 0.05) is 37.9 Å². The Morgan fingerprint density at radius 1 is 1.27 bits per heavy atom. The van der Waals surface area contributed by atoms with E-state index in [1.165, 1.54) is 4.70 Å². The molecule has 2 amide bonds.